The third kappa shape index (κ3) is 28.5. The Labute approximate surface area is 388 Å². The minimum Gasteiger partial charge on any atom is -0.370 e. The van der Waals surface area contributed by atoms with Crippen LogP contribution >= 0.6 is 0 Å². The predicted molar refractivity (Wildman–Crippen MR) is 277 cm³/mol. The summed E-state index contributed by atoms with van der Waals surface area (Å²) in [5, 5.41) is 0. The first kappa shape index (κ1) is 60.9. The fraction of sp³-hybridized carbons (Fsp3) is 1.00. The Balaban J connectivity index is 7.48. The Bertz CT molecular complexity index is 1120. The van der Waals surface area contributed by atoms with Gasteiger partial charge in [0.05, 0.1) is 22.4 Å². The van der Waals surface area contributed by atoms with Crippen LogP contribution in [-0.4, -0.2) is 22.4 Å². The topological polar surface area (TPSA) is 18.5 Å². The average Bonchev–Trinajstić information content (AvgIpc) is 2.68. The van der Waals surface area contributed by atoms with Crippen molar-refractivity contribution in [3.05, 3.63) is 0 Å². The minimum atomic E-state index is -0.343. The molecule has 0 aliphatic heterocycles. The lowest BCUT2D eigenvalue weighted by Gasteiger charge is -2.54. The van der Waals surface area contributed by atoms with Gasteiger partial charge in [-0.1, -0.05) is 166 Å². The number of ether oxygens (including phenoxy) is 2. The molecule has 2 heteroatoms. The summed E-state index contributed by atoms with van der Waals surface area (Å²) in [4.78, 5) is 0. The van der Waals surface area contributed by atoms with E-state index in [1.54, 1.807) is 0 Å². The molecule has 0 aliphatic rings. The van der Waals surface area contributed by atoms with E-state index in [-0.39, 0.29) is 82.0 Å². The molecule has 0 aromatic carbocycles. The van der Waals surface area contributed by atoms with Crippen LogP contribution in [0.25, 0.3) is 0 Å². The van der Waals surface area contributed by atoms with E-state index < -0.39 is 0 Å². The zero-order chi connectivity index (χ0) is 49.4. The van der Waals surface area contributed by atoms with E-state index >= 15 is 0 Å². The molecule has 2 nitrogen and oxygen atoms in total. The summed E-state index contributed by atoms with van der Waals surface area (Å²) in [7, 11) is 0. The van der Waals surface area contributed by atoms with Crippen molar-refractivity contribution in [1.82, 2.24) is 0 Å². The quantitative estimate of drug-likeness (QED) is 0.121. The van der Waals surface area contributed by atoms with Crippen molar-refractivity contribution in [2.24, 2.45) is 59.6 Å². The molecule has 0 unspecified atom stereocenters. The van der Waals surface area contributed by atoms with Gasteiger partial charge in [0.25, 0.3) is 0 Å². The molecule has 0 aromatic rings. The third-order valence-corrected chi connectivity index (χ3v) is 11.6. The molecule has 0 N–H and O–H groups in total. The standard InChI is InChI=1S/C59H120O2/c1-45(2,3)33-57(34-46(4,5)6,35-47(7,8)9)41-53(25,26)60-55(29,30)43-59(39-51(19,20)21,40-52(22,23)24)44-56(31,32)61-54(27,28)42-58(36-48(10,11)12,37-49(13,14)15)38-50(16,17)18/h33-44H2,1-32H3. The number of rotatable bonds is 20. The van der Waals surface area contributed by atoms with Gasteiger partial charge in [0, 0.05) is 0 Å². The second kappa shape index (κ2) is 19.3. The van der Waals surface area contributed by atoms with Crippen LogP contribution in [0.2, 0.25) is 0 Å². The Morgan fingerprint density at radius 3 is 0.361 bits per heavy atom. The van der Waals surface area contributed by atoms with Crippen molar-refractivity contribution in [2.75, 3.05) is 0 Å². The van der Waals surface area contributed by atoms with E-state index in [0.29, 0.717) is 0 Å². The molecule has 0 spiro atoms. The van der Waals surface area contributed by atoms with E-state index in [9.17, 15) is 0 Å². The van der Waals surface area contributed by atoms with Crippen LogP contribution in [-0.2, 0) is 9.47 Å². The Kier molecular flexibility index (Phi) is 19.2. The highest BCUT2D eigenvalue weighted by Gasteiger charge is 2.51. The summed E-state index contributed by atoms with van der Waals surface area (Å²) in [5.41, 5.74) is 0.656. The molecule has 0 saturated carbocycles. The van der Waals surface area contributed by atoms with E-state index in [1.807, 2.05) is 0 Å². The van der Waals surface area contributed by atoms with Gasteiger partial charge in [-0.25, -0.2) is 0 Å². The molecular weight excluding hydrogens is 741 g/mol. The lowest BCUT2D eigenvalue weighted by molar-refractivity contribution is -0.189. The highest BCUT2D eigenvalue weighted by Crippen LogP contribution is 2.58. The zero-order valence-electron chi connectivity index (χ0n) is 48.8. The van der Waals surface area contributed by atoms with Crippen LogP contribution in [0.4, 0.5) is 0 Å². The van der Waals surface area contributed by atoms with Crippen LogP contribution in [0.3, 0.4) is 0 Å². The first-order valence-corrected chi connectivity index (χ1v) is 25.3. The average molecular weight is 862 g/mol. The van der Waals surface area contributed by atoms with Gasteiger partial charge in [0.2, 0.25) is 0 Å². The highest BCUT2D eigenvalue weighted by atomic mass is 16.5. The normalized spacial score (nSPS) is 16.1. The van der Waals surface area contributed by atoms with Gasteiger partial charge in [-0.15, -0.1) is 0 Å². The van der Waals surface area contributed by atoms with Crippen LogP contribution in [0.15, 0.2) is 0 Å². The monoisotopic (exact) mass is 861 g/mol. The fourth-order valence-corrected chi connectivity index (χ4v) is 15.4. The molecule has 368 valence electrons. The fourth-order valence-electron chi connectivity index (χ4n) is 15.4. The van der Waals surface area contributed by atoms with Crippen molar-refractivity contribution in [3.8, 4) is 0 Å². The van der Waals surface area contributed by atoms with Crippen LogP contribution in [0.1, 0.15) is 299 Å². The van der Waals surface area contributed by atoms with Gasteiger partial charge in [-0.2, -0.15) is 0 Å². The van der Waals surface area contributed by atoms with Gasteiger partial charge < -0.3 is 9.47 Å². The molecule has 0 radical (unpaired) electrons. The van der Waals surface area contributed by atoms with Gasteiger partial charge >= 0.3 is 0 Å². The zero-order valence-corrected chi connectivity index (χ0v) is 48.8. The maximum atomic E-state index is 7.69. The van der Waals surface area contributed by atoms with Gasteiger partial charge in [0.15, 0.2) is 0 Å². The third-order valence-electron chi connectivity index (χ3n) is 11.6. The first-order chi connectivity index (χ1) is 25.9. The van der Waals surface area contributed by atoms with Crippen LogP contribution in [0.5, 0.6) is 0 Å². The molecule has 0 aliphatic carbocycles. The van der Waals surface area contributed by atoms with Crippen LogP contribution in [0, 0.1) is 59.6 Å². The Morgan fingerprint density at radius 1 is 0.164 bits per heavy atom. The van der Waals surface area contributed by atoms with Gasteiger partial charge in [-0.3, -0.25) is 0 Å². The van der Waals surface area contributed by atoms with Crippen molar-refractivity contribution >= 4 is 0 Å². The van der Waals surface area contributed by atoms with E-state index in [2.05, 4.69) is 222 Å². The summed E-state index contributed by atoms with van der Waals surface area (Å²) < 4.78 is 15.4. The van der Waals surface area contributed by atoms with E-state index in [4.69, 9.17) is 9.47 Å². The molecule has 0 heterocycles. The number of hydrogen-bond acceptors (Lipinski definition) is 2. The summed E-state index contributed by atoms with van der Waals surface area (Å²) >= 11 is 0. The SMILES string of the molecule is CC(C)(C)CC(CC(C)(C)C)(CC(C)(C)C)CC(C)(C)OC(C)(C)CC(CC(C)(C)C)(CC(C)(C)C)CC(C)(C)OC(C)(C)CC(CC(C)(C)C)(CC(C)(C)C)CC(C)(C)C. The molecule has 0 bridgehead atoms. The number of hydrogen-bond donors (Lipinski definition) is 0. The minimum absolute atomic E-state index is 0.00566. The van der Waals surface area contributed by atoms with Crippen molar-refractivity contribution < 1.29 is 9.47 Å². The van der Waals surface area contributed by atoms with Gasteiger partial charge in [0.1, 0.15) is 0 Å². The van der Waals surface area contributed by atoms with Gasteiger partial charge in [-0.05, 0) is 192 Å². The summed E-state index contributed by atoms with van der Waals surface area (Å²) in [6.07, 6.45) is 13.6. The van der Waals surface area contributed by atoms with Crippen molar-refractivity contribution in [1.29, 1.82) is 0 Å². The molecule has 0 rings (SSSR count). The lowest BCUT2D eigenvalue weighted by Crippen LogP contribution is -2.50. The molecule has 0 aromatic heterocycles. The largest absolute Gasteiger partial charge is 0.370 e. The van der Waals surface area contributed by atoms with E-state index in [1.165, 1.54) is 38.5 Å². The summed E-state index contributed by atoms with van der Waals surface area (Å²) in [6, 6.07) is 0. The smallest absolute Gasteiger partial charge is 0.0639 e. The Hall–Kier alpha value is -0.0800. The second-order valence-electron chi connectivity index (χ2n) is 34.3. The molecule has 0 amide bonds. The van der Waals surface area contributed by atoms with Crippen molar-refractivity contribution in [3.63, 3.8) is 0 Å². The highest BCUT2D eigenvalue weighted by molar-refractivity contribution is 5.01. The molecule has 0 saturated heterocycles. The molecule has 0 atom stereocenters. The molecule has 0 fully saturated rings. The first-order valence-electron chi connectivity index (χ1n) is 25.3. The molecular formula is C59H120O2. The van der Waals surface area contributed by atoms with E-state index in [0.717, 1.165) is 38.5 Å². The summed E-state index contributed by atoms with van der Waals surface area (Å²) in [6.45, 7) is 78.2. The maximum Gasteiger partial charge on any atom is 0.0639 e. The lowest BCUT2D eigenvalue weighted by atomic mass is 9.57. The predicted octanol–water partition coefficient (Wildman–Crippen LogP) is 20.1. The maximum absolute atomic E-state index is 7.69. The summed E-state index contributed by atoms with van der Waals surface area (Å²) in [5.74, 6) is 0. The Morgan fingerprint density at radius 2 is 0.262 bits per heavy atom. The second-order valence-corrected chi connectivity index (χ2v) is 34.3. The van der Waals surface area contributed by atoms with Crippen LogP contribution < -0.4 is 0 Å². The molecule has 61 heavy (non-hydrogen) atoms. The van der Waals surface area contributed by atoms with Crippen molar-refractivity contribution in [2.45, 2.75) is 321 Å².